The van der Waals surface area contributed by atoms with Crippen LogP contribution in [0.4, 0.5) is 0 Å². The molecular formula is C21H20. The van der Waals surface area contributed by atoms with Gasteiger partial charge in [-0.1, -0.05) is 78.9 Å². The van der Waals surface area contributed by atoms with E-state index in [1.807, 2.05) is 0 Å². The summed E-state index contributed by atoms with van der Waals surface area (Å²) in [6.07, 6.45) is 8.69. The summed E-state index contributed by atoms with van der Waals surface area (Å²) in [4.78, 5) is 0. The van der Waals surface area contributed by atoms with Gasteiger partial charge < -0.3 is 0 Å². The summed E-state index contributed by atoms with van der Waals surface area (Å²) in [6, 6.07) is 17.2. The van der Waals surface area contributed by atoms with Crippen molar-refractivity contribution in [2.75, 3.05) is 0 Å². The van der Waals surface area contributed by atoms with Gasteiger partial charge in [-0.25, -0.2) is 0 Å². The summed E-state index contributed by atoms with van der Waals surface area (Å²) in [6.45, 7) is 6.30. The third-order valence-corrected chi connectivity index (χ3v) is 3.99. The Balaban J connectivity index is 1.66. The lowest BCUT2D eigenvalue weighted by atomic mass is 10.0. The zero-order valence-corrected chi connectivity index (χ0v) is 12.5. The molecule has 0 fully saturated rings. The minimum atomic E-state index is 0.891. The quantitative estimate of drug-likeness (QED) is 0.680. The molecule has 0 heterocycles. The predicted octanol–water partition coefficient (Wildman–Crippen LogP) is 5.59. The summed E-state index contributed by atoms with van der Waals surface area (Å²) < 4.78 is 0. The normalized spacial score (nSPS) is 13.3. The van der Waals surface area contributed by atoms with Crippen molar-refractivity contribution in [1.29, 1.82) is 0 Å². The van der Waals surface area contributed by atoms with E-state index in [-0.39, 0.29) is 0 Å². The van der Waals surface area contributed by atoms with E-state index in [2.05, 4.69) is 80.3 Å². The highest BCUT2D eigenvalue weighted by atomic mass is 14.1. The van der Waals surface area contributed by atoms with Gasteiger partial charge in [-0.2, -0.15) is 0 Å². The lowest BCUT2D eigenvalue weighted by Gasteiger charge is -2.04. The van der Waals surface area contributed by atoms with Crippen molar-refractivity contribution < 1.29 is 0 Å². The van der Waals surface area contributed by atoms with Crippen molar-refractivity contribution in [2.45, 2.75) is 19.8 Å². The lowest BCUT2D eigenvalue weighted by molar-refractivity contribution is 1.31. The zero-order valence-electron chi connectivity index (χ0n) is 12.5. The molecule has 21 heavy (non-hydrogen) atoms. The molecule has 0 bridgehead atoms. The highest BCUT2D eigenvalue weighted by Crippen LogP contribution is 2.28. The van der Waals surface area contributed by atoms with Crippen molar-refractivity contribution in [3.05, 3.63) is 95.6 Å². The van der Waals surface area contributed by atoms with Crippen LogP contribution in [0, 0.1) is 6.92 Å². The molecule has 0 spiro atoms. The van der Waals surface area contributed by atoms with Gasteiger partial charge >= 0.3 is 0 Å². The van der Waals surface area contributed by atoms with Gasteiger partial charge in [-0.05, 0) is 47.6 Å². The fourth-order valence-corrected chi connectivity index (χ4v) is 2.70. The smallest absolute Gasteiger partial charge is 0.00821 e. The number of allylic oxidation sites excluding steroid dienone is 5. The van der Waals surface area contributed by atoms with E-state index in [9.17, 15) is 0 Å². The molecule has 0 atom stereocenters. The summed E-state index contributed by atoms with van der Waals surface area (Å²) >= 11 is 0. The number of hydrogen-bond donors (Lipinski definition) is 0. The Kier molecular flexibility index (Phi) is 3.87. The monoisotopic (exact) mass is 272 g/mol. The van der Waals surface area contributed by atoms with Gasteiger partial charge in [-0.15, -0.1) is 0 Å². The van der Waals surface area contributed by atoms with Gasteiger partial charge in [0.2, 0.25) is 0 Å². The van der Waals surface area contributed by atoms with Gasteiger partial charge in [-0.3, -0.25) is 0 Å². The average molecular weight is 272 g/mol. The van der Waals surface area contributed by atoms with Crippen molar-refractivity contribution in [2.24, 2.45) is 0 Å². The molecule has 2 aromatic carbocycles. The minimum Gasteiger partial charge on any atom is -0.0949 e. The van der Waals surface area contributed by atoms with Crippen molar-refractivity contribution >= 4 is 11.1 Å². The summed E-state index contributed by atoms with van der Waals surface area (Å²) in [5.41, 5.74) is 7.81. The first kappa shape index (κ1) is 13.6. The standard InChI is InChI=1S/C21H20/c1-16-10-12-18(13-11-16)17(2)6-5-8-20-15-14-19-7-3-4-9-21(19)20/h3-5,7-13,15H,2,6,14H2,1H3/b8-5+. The van der Waals surface area contributed by atoms with Crippen molar-refractivity contribution in [3.8, 4) is 0 Å². The van der Waals surface area contributed by atoms with Crippen LogP contribution in [0.3, 0.4) is 0 Å². The molecule has 0 amide bonds. The van der Waals surface area contributed by atoms with Crippen LogP contribution in [0.2, 0.25) is 0 Å². The van der Waals surface area contributed by atoms with E-state index in [0.717, 1.165) is 18.4 Å². The van der Waals surface area contributed by atoms with Crippen molar-refractivity contribution in [3.63, 3.8) is 0 Å². The molecule has 0 radical (unpaired) electrons. The molecule has 0 N–H and O–H groups in total. The van der Waals surface area contributed by atoms with Crippen LogP contribution in [-0.2, 0) is 6.42 Å². The first-order valence-electron chi connectivity index (χ1n) is 7.44. The third-order valence-electron chi connectivity index (χ3n) is 3.99. The molecule has 0 saturated carbocycles. The second-order valence-corrected chi connectivity index (χ2v) is 5.60. The van der Waals surface area contributed by atoms with Crippen LogP contribution >= 0.6 is 0 Å². The molecule has 1 aliphatic carbocycles. The molecule has 2 aromatic rings. The van der Waals surface area contributed by atoms with E-state index in [1.165, 1.54) is 27.8 Å². The Hall–Kier alpha value is -2.34. The molecule has 1 aliphatic rings. The summed E-state index contributed by atoms with van der Waals surface area (Å²) in [5, 5.41) is 0. The Morgan fingerprint density at radius 2 is 1.86 bits per heavy atom. The van der Waals surface area contributed by atoms with E-state index in [0.29, 0.717) is 0 Å². The maximum atomic E-state index is 4.19. The molecule has 104 valence electrons. The Morgan fingerprint density at radius 1 is 1.10 bits per heavy atom. The number of rotatable bonds is 4. The van der Waals surface area contributed by atoms with Gasteiger partial charge in [0.25, 0.3) is 0 Å². The number of aryl methyl sites for hydroxylation is 1. The first-order valence-corrected chi connectivity index (χ1v) is 7.44. The SMILES string of the molecule is C=C(C/C=C/C1=CCc2ccccc21)c1ccc(C)cc1. The topological polar surface area (TPSA) is 0 Å². The van der Waals surface area contributed by atoms with E-state index in [1.54, 1.807) is 0 Å². The highest BCUT2D eigenvalue weighted by Gasteiger charge is 2.10. The molecule has 0 heteroatoms. The molecule has 0 nitrogen and oxygen atoms in total. The van der Waals surface area contributed by atoms with Gasteiger partial charge in [0.1, 0.15) is 0 Å². The second kappa shape index (κ2) is 5.97. The average Bonchev–Trinajstić information content (AvgIpc) is 2.91. The Morgan fingerprint density at radius 3 is 2.67 bits per heavy atom. The first-order chi connectivity index (χ1) is 10.2. The van der Waals surface area contributed by atoms with Crippen LogP contribution in [0.25, 0.3) is 11.1 Å². The Bertz CT molecular complexity index is 712. The van der Waals surface area contributed by atoms with Crippen LogP contribution in [0.1, 0.15) is 28.7 Å². The van der Waals surface area contributed by atoms with Crippen LogP contribution in [-0.4, -0.2) is 0 Å². The van der Waals surface area contributed by atoms with E-state index < -0.39 is 0 Å². The molecule has 0 aliphatic heterocycles. The third kappa shape index (κ3) is 3.05. The van der Waals surface area contributed by atoms with Crippen LogP contribution in [0.5, 0.6) is 0 Å². The fraction of sp³-hybridized carbons (Fsp3) is 0.143. The molecule has 3 rings (SSSR count). The predicted molar refractivity (Wildman–Crippen MR) is 92.1 cm³/mol. The van der Waals surface area contributed by atoms with Crippen LogP contribution in [0.15, 0.2) is 73.3 Å². The Labute approximate surface area is 127 Å². The largest absolute Gasteiger partial charge is 0.0949 e. The van der Waals surface area contributed by atoms with E-state index >= 15 is 0 Å². The van der Waals surface area contributed by atoms with Gasteiger partial charge in [0, 0.05) is 0 Å². The summed E-state index contributed by atoms with van der Waals surface area (Å²) in [5.74, 6) is 0. The zero-order chi connectivity index (χ0) is 14.7. The molecule has 0 unspecified atom stereocenters. The number of fused-ring (bicyclic) bond motifs is 1. The maximum Gasteiger partial charge on any atom is -0.00821 e. The van der Waals surface area contributed by atoms with Gasteiger partial charge in [0.05, 0.1) is 0 Å². The molecule has 0 aromatic heterocycles. The number of benzene rings is 2. The maximum absolute atomic E-state index is 4.19. The minimum absolute atomic E-state index is 0.891. The fourth-order valence-electron chi connectivity index (χ4n) is 2.70. The lowest BCUT2D eigenvalue weighted by Crippen LogP contribution is -1.83. The molecular weight excluding hydrogens is 252 g/mol. The molecule has 0 saturated heterocycles. The van der Waals surface area contributed by atoms with E-state index in [4.69, 9.17) is 0 Å². The van der Waals surface area contributed by atoms with Gasteiger partial charge in [0.15, 0.2) is 0 Å². The second-order valence-electron chi connectivity index (χ2n) is 5.60. The number of hydrogen-bond acceptors (Lipinski definition) is 0. The summed E-state index contributed by atoms with van der Waals surface area (Å²) in [7, 11) is 0. The van der Waals surface area contributed by atoms with Crippen molar-refractivity contribution in [1.82, 2.24) is 0 Å². The highest BCUT2D eigenvalue weighted by molar-refractivity contribution is 5.80. The van der Waals surface area contributed by atoms with Crippen LogP contribution < -0.4 is 0 Å².